The van der Waals surface area contributed by atoms with Gasteiger partial charge in [-0.1, -0.05) is 6.07 Å². The Bertz CT molecular complexity index is 1230. The van der Waals surface area contributed by atoms with Crippen molar-refractivity contribution >= 4 is 18.5 Å². The van der Waals surface area contributed by atoms with E-state index in [0.29, 0.717) is 46.5 Å². The highest BCUT2D eigenvalue weighted by molar-refractivity contribution is 5.67. The predicted molar refractivity (Wildman–Crippen MR) is 119 cm³/mol. The minimum Gasteiger partial charge on any atom is -0.474 e. The van der Waals surface area contributed by atoms with Crippen LogP contribution in [0.1, 0.15) is 30.0 Å². The van der Waals surface area contributed by atoms with Crippen LogP contribution < -0.4 is 11.1 Å². The molecule has 1 aliphatic rings. The number of aromatic nitrogens is 3. The van der Waals surface area contributed by atoms with E-state index in [2.05, 4.69) is 20.3 Å². The molecule has 0 aromatic carbocycles. The number of hydrogen-bond acceptors (Lipinski definition) is 9. The van der Waals surface area contributed by atoms with Crippen LogP contribution in [-0.4, -0.2) is 56.1 Å². The van der Waals surface area contributed by atoms with Crippen LogP contribution in [0, 0.1) is 0 Å². The van der Waals surface area contributed by atoms with E-state index in [0.717, 1.165) is 4.90 Å². The van der Waals surface area contributed by atoms with Crippen molar-refractivity contribution in [1.29, 1.82) is 0 Å². The summed E-state index contributed by atoms with van der Waals surface area (Å²) in [5, 5.41) is 12.5. The zero-order valence-electron chi connectivity index (χ0n) is 18.5. The molecule has 0 radical (unpaired) electrons. The fourth-order valence-electron chi connectivity index (χ4n) is 3.70. The number of pyridine rings is 1. The summed E-state index contributed by atoms with van der Waals surface area (Å²) in [5.41, 5.74) is 7.66. The minimum absolute atomic E-state index is 0.00138. The van der Waals surface area contributed by atoms with Gasteiger partial charge in [0.15, 0.2) is 18.3 Å². The third kappa shape index (κ3) is 4.60. The summed E-state index contributed by atoms with van der Waals surface area (Å²) in [4.78, 5) is 39.3. The summed E-state index contributed by atoms with van der Waals surface area (Å²) >= 11 is 0. The lowest BCUT2D eigenvalue weighted by Crippen LogP contribution is -2.35. The number of carbonyl (C=O) groups is 2. The monoisotopic (exact) mass is 465 g/mol. The van der Waals surface area contributed by atoms with Crippen LogP contribution >= 0.6 is 0 Å². The van der Waals surface area contributed by atoms with Gasteiger partial charge in [-0.15, -0.1) is 0 Å². The highest BCUT2D eigenvalue weighted by Crippen LogP contribution is 2.27. The number of anilines is 1. The largest absolute Gasteiger partial charge is 0.474 e. The maximum atomic E-state index is 12.0. The summed E-state index contributed by atoms with van der Waals surface area (Å²) < 4.78 is 10.8. The minimum atomic E-state index is -1.15. The van der Waals surface area contributed by atoms with E-state index >= 15 is 0 Å². The normalized spacial score (nSPS) is 14.0. The first-order chi connectivity index (χ1) is 16.4. The van der Waals surface area contributed by atoms with Crippen molar-refractivity contribution in [2.75, 3.05) is 19.5 Å². The fourth-order valence-corrected chi connectivity index (χ4v) is 3.70. The number of carboxylic acid groups (broad SMARTS) is 1. The molecule has 4 rings (SSSR count). The molecule has 0 saturated heterocycles. The Balaban J connectivity index is 1.68. The van der Waals surface area contributed by atoms with Crippen molar-refractivity contribution in [3.8, 4) is 11.5 Å². The Labute approximate surface area is 194 Å². The van der Waals surface area contributed by atoms with E-state index in [1.165, 1.54) is 6.26 Å². The maximum absolute atomic E-state index is 12.0. The molecule has 0 aliphatic carbocycles. The molecule has 1 atom stereocenters. The number of carbonyl (C=O) groups excluding carboxylic acids is 1. The number of ether oxygens (including phenoxy) is 1. The molecule has 1 aliphatic heterocycles. The summed E-state index contributed by atoms with van der Waals surface area (Å²) in [7, 11) is 1.74. The van der Waals surface area contributed by atoms with Gasteiger partial charge < -0.3 is 30.2 Å². The summed E-state index contributed by atoms with van der Waals surface area (Å²) in [6.07, 6.45) is 0.900. The number of nitrogens with two attached hydrogens (primary N) is 1. The molecule has 4 N–H and O–H groups in total. The van der Waals surface area contributed by atoms with Gasteiger partial charge in [0, 0.05) is 7.05 Å². The van der Waals surface area contributed by atoms with Crippen molar-refractivity contribution in [2.45, 2.75) is 19.5 Å². The number of amides is 2. The van der Waals surface area contributed by atoms with Crippen LogP contribution in [0.25, 0.3) is 11.5 Å². The van der Waals surface area contributed by atoms with Crippen LogP contribution in [0.3, 0.4) is 0 Å². The van der Waals surface area contributed by atoms with Crippen LogP contribution in [0.4, 0.5) is 10.7 Å². The molecule has 1 unspecified atom stereocenters. The van der Waals surface area contributed by atoms with E-state index in [1.807, 2.05) is 0 Å². The first-order valence-corrected chi connectivity index (χ1v) is 10.3. The number of hydrogen-bond donors (Lipinski definition) is 3. The third-order valence-corrected chi connectivity index (χ3v) is 5.15. The quantitative estimate of drug-likeness (QED) is 0.420. The lowest BCUT2D eigenvalue weighted by atomic mass is 10.1. The first-order valence-electron chi connectivity index (χ1n) is 10.3. The third-order valence-electron chi connectivity index (χ3n) is 5.15. The van der Waals surface area contributed by atoms with E-state index in [9.17, 15) is 14.7 Å². The molecule has 12 nitrogen and oxygen atoms in total. The Morgan fingerprint density at radius 3 is 2.76 bits per heavy atom. The Morgan fingerprint density at radius 2 is 2.12 bits per heavy atom. The van der Waals surface area contributed by atoms with Gasteiger partial charge in [0.05, 0.1) is 29.9 Å². The molecule has 4 heterocycles. The van der Waals surface area contributed by atoms with Crippen LogP contribution in [0.2, 0.25) is 0 Å². The average molecular weight is 465 g/mol. The van der Waals surface area contributed by atoms with Crippen molar-refractivity contribution in [2.24, 2.45) is 0 Å². The number of furan rings is 1. The van der Waals surface area contributed by atoms with E-state index < -0.39 is 12.1 Å². The van der Waals surface area contributed by atoms with Gasteiger partial charge in [-0.05, 0) is 37.3 Å². The van der Waals surface area contributed by atoms with Crippen molar-refractivity contribution in [3.05, 3.63) is 71.3 Å². The highest BCUT2D eigenvalue weighted by atomic mass is 16.5. The molecular weight excluding hydrogens is 442 g/mol. The second-order valence-electron chi connectivity index (χ2n) is 7.50. The standard InChI is InChI=1S/C22H23N7O5/c1-13-20(28(2)12-34-13)29(22(31)32)10-14-5-3-6-15(25-14)19(24-11-30)17-9-16(26-21(23)27-17)18-7-4-8-33-18/h3-9,11,19H,10,12H2,1-2H3,(H,24,30)(H,31,32)(H2,23,26,27). The SMILES string of the molecule is CC1=C(N(Cc2cccc(C(NC=O)c3cc(-c4ccco4)nc(N)n3)n2)C(=O)O)N(C)CO1. The van der Waals surface area contributed by atoms with Crippen LogP contribution in [0.15, 0.2) is 58.7 Å². The zero-order valence-corrected chi connectivity index (χ0v) is 18.5. The van der Waals surface area contributed by atoms with Gasteiger partial charge in [-0.25, -0.2) is 14.8 Å². The van der Waals surface area contributed by atoms with E-state index in [4.69, 9.17) is 14.9 Å². The lowest BCUT2D eigenvalue weighted by molar-refractivity contribution is -0.110. The van der Waals surface area contributed by atoms with Crippen molar-refractivity contribution < 1.29 is 23.8 Å². The molecule has 0 fully saturated rings. The summed E-state index contributed by atoms with van der Waals surface area (Å²) in [6, 6.07) is 9.47. The molecule has 176 valence electrons. The number of allylic oxidation sites excluding steroid dienone is 1. The Hall–Kier alpha value is -4.61. The van der Waals surface area contributed by atoms with Crippen molar-refractivity contribution in [3.63, 3.8) is 0 Å². The smallest absolute Gasteiger partial charge is 0.413 e. The number of nitrogens with zero attached hydrogens (tertiary/aromatic N) is 5. The van der Waals surface area contributed by atoms with Gasteiger partial charge in [-0.2, -0.15) is 0 Å². The van der Waals surface area contributed by atoms with Gasteiger partial charge in [0.1, 0.15) is 17.5 Å². The van der Waals surface area contributed by atoms with Gasteiger partial charge in [-0.3, -0.25) is 14.7 Å². The first kappa shape index (κ1) is 22.6. The second-order valence-corrected chi connectivity index (χ2v) is 7.50. The average Bonchev–Trinajstić information content (AvgIpc) is 3.46. The molecule has 0 spiro atoms. The maximum Gasteiger partial charge on any atom is 0.413 e. The molecule has 34 heavy (non-hydrogen) atoms. The lowest BCUT2D eigenvalue weighted by Gasteiger charge is -2.25. The highest BCUT2D eigenvalue weighted by Gasteiger charge is 2.29. The molecule has 0 bridgehead atoms. The van der Waals surface area contributed by atoms with E-state index in [-0.39, 0.29) is 19.2 Å². The Kier molecular flexibility index (Phi) is 6.30. The van der Waals surface area contributed by atoms with Gasteiger partial charge >= 0.3 is 6.09 Å². The molecule has 3 aromatic heterocycles. The molecule has 2 amide bonds. The van der Waals surface area contributed by atoms with Crippen LogP contribution in [-0.2, 0) is 16.1 Å². The Morgan fingerprint density at radius 1 is 1.29 bits per heavy atom. The topological polar surface area (TPSA) is 160 Å². The number of nitrogen functional groups attached to an aromatic ring is 1. The van der Waals surface area contributed by atoms with Gasteiger partial charge in [0.25, 0.3) is 0 Å². The fraction of sp³-hybridized carbons (Fsp3) is 0.227. The van der Waals surface area contributed by atoms with Crippen molar-refractivity contribution in [1.82, 2.24) is 30.1 Å². The second kappa shape index (κ2) is 9.48. The molecule has 12 heteroatoms. The molecular formula is C22H23N7O5. The molecule has 0 saturated carbocycles. The predicted octanol–water partition coefficient (Wildman–Crippen LogP) is 2.14. The van der Waals surface area contributed by atoms with Crippen LogP contribution in [0.5, 0.6) is 0 Å². The zero-order chi connectivity index (χ0) is 24.2. The summed E-state index contributed by atoms with van der Waals surface area (Å²) in [5.74, 6) is 1.43. The number of rotatable bonds is 8. The van der Waals surface area contributed by atoms with E-state index in [1.54, 1.807) is 55.3 Å². The molecule has 3 aromatic rings. The van der Waals surface area contributed by atoms with Gasteiger partial charge in [0.2, 0.25) is 12.4 Å². The summed E-state index contributed by atoms with van der Waals surface area (Å²) in [6.45, 7) is 1.94. The number of nitrogens with one attached hydrogen (secondary N) is 1.